The number of hydrogen-bond donors (Lipinski definition) is 2. The molecule has 0 saturated carbocycles. The predicted molar refractivity (Wildman–Crippen MR) is 68.9 cm³/mol. The monoisotopic (exact) mass is 282 g/mol. The number of carbonyl (C=O) groups excluding carboxylic acids is 1. The quantitative estimate of drug-likeness (QED) is 0.879. The second-order valence-electron chi connectivity index (χ2n) is 3.68. The van der Waals surface area contributed by atoms with Gasteiger partial charge in [0.15, 0.2) is 0 Å². The van der Waals surface area contributed by atoms with Crippen LogP contribution in [0.3, 0.4) is 0 Å². The van der Waals surface area contributed by atoms with E-state index >= 15 is 0 Å². The van der Waals surface area contributed by atoms with Crippen LogP contribution in [0.5, 0.6) is 0 Å². The molecule has 0 aliphatic carbocycles. The minimum Gasteiger partial charge on any atom is -0.334 e. The minimum absolute atomic E-state index is 0.191. The van der Waals surface area contributed by atoms with E-state index in [9.17, 15) is 4.79 Å². The molecule has 1 aromatic carbocycles. The molecular weight excluding hydrogens is 268 g/mol. The first kappa shape index (κ1) is 12.8. The number of benzene rings is 1. The average molecular weight is 283 g/mol. The van der Waals surface area contributed by atoms with Crippen molar-refractivity contribution < 1.29 is 4.79 Å². The number of allylic oxidation sites excluding steroid dienone is 1. The third-order valence-electron chi connectivity index (χ3n) is 1.86. The molecule has 0 aliphatic heterocycles. The zero-order valence-electron chi connectivity index (χ0n) is 9.38. The molecule has 3 nitrogen and oxygen atoms in total. The summed E-state index contributed by atoms with van der Waals surface area (Å²) in [4.78, 5) is 11.3. The number of rotatable bonds is 3. The molecule has 0 spiro atoms. The normalized spacial score (nSPS) is 9.44. The van der Waals surface area contributed by atoms with Gasteiger partial charge in [0, 0.05) is 17.2 Å². The van der Waals surface area contributed by atoms with Crippen LogP contribution in [0.2, 0.25) is 0 Å². The SMILES string of the molecule is CC(C)=CNC(=O)NCc1ccc(Br)cc1. The smallest absolute Gasteiger partial charge is 0.319 e. The number of amides is 2. The van der Waals surface area contributed by atoms with E-state index in [1.807, 2.05) is 38.1 Å². The summed E-state index contributed by atoms with van der Waals surface area (Å²) in [5.74, 6) is 0. The van der Waals surface area contributed by atoms with Crippen LogP contribution in [0, 0.1) is 0 Å². The Bertz CT molecular complexity index is 381. The molecule has 0 fully saturated rings. The topological polar surface area (TPSA) is 41.1 Å². The third-order valence-corrected chi connectivity index (χ3v) is 2.39. The molecule has 0 unspecified atom stereocenters. The van der Waals surface area contributed by atoms with Crippen molar-refractivity contribution in [2.75, 3.05) is 0 Å². The van der Waals surface area contributed by atoms with Crippen LogP contribution in [0.1, 0.15) is 19.4 Å². The Kier molecular flexibility index (Phi) is 5.05. The molecule has 0 saturated heterocycles. The van der Waals surface area contributed by atoms with Gasteiger partial charge in [0.2, 0.25) is 0 Å². The maximum atomic E-state index is 11.3. The lowest BCUT2D eigenvalue weighted by Gasteiger charge is -2.05. The molecule has 0 aromatic heterocycles. The molecular formula is C12H15BrN2O. The minimum atomic E-state index is -0.191. The molecule has 0 bridgehead atoms. The lowest BCUT2D eigenvalue weighted by atomic mass is 10.2. The Morgan fingerprint density at radius 3 is 2.50 bits per heavy atom. The predicted octanol–water partition coefficient (Wildman–Crippen LogP) is 3.17. The fraction of sp³-hybridized carbons (Fsp3) is 0.250. The molecule has 16 heavy (non-hydrogen) atoms. The summed E-state index contributed by atoms with van der Waals surface area (Å²) in [5.41, 5.74) is 2.12. The van der Waals surface area contributed by atoms with Crippen LogP contribution in [0.25, 0.3) is 0 Å². The van der Waals surface area contributed by atoms with Crippen LogP contribution < -0.4 is 10.6 Å². The van der Waals surface area contributed by atoms with Crippen molar-refractivity contribution in [2.45, 2.75) is 20.4 Å². The van der Waals surface area contributed by atoms with Gasteiger partial charge in [-0.2, -0.15) is 0 Å². The van der Waals surface area contributed by atoms with Crippen LogP contribution in [0.4, 0.5) is 4.79 Å². The summed E-state index contributed by atoms with van der Waals surface area (Å²) in [6.45, 7) is 4.37. The van der Waals surface area contributed by atoms with Crippen molar-refractivity contribution in [1.82, 2.24) is 10.6 Å². The van der Waals surface area contributed by atoms with Crippen molar-refractivity contribution >= 4 is 22.0 Å². The third kappa shape index (κ3) is 4.98. The Hall–Kier alpha value is -1.29. The van der Waals surface area contributed by atoms with Crippen LogP contribution in [-0.4, -0.2) is 6.03 Å². The summed E-state index contributed by atoms with van der Waals surface area (Å²) < 4.78 is 1.03. The summed E-state index contributed by atoms with van der Waals surface area (Å²) in [5, 5.41) is 5.41. The first-order chi connectivity index (χ1) is 7.58. The first-order valence-electron chi connectivity index (χ1n) is 5.00. The van der Waals surface area contributed by atoms with Crippen molar-refractivity contribution in [1.29, 1.82) is 0 Å². The van der Waals surface area contributed by atoms with E-state index in [0.29, 0.717) is 6.54 Å². The van der Waals surface area contributed by atoms with Gasteiger partial charge in [0.25, 0.3) is 0 Å². The van der Waals surface area contributed by atoms with Crippen molar-refractivity contribution in [2.24, 2.45) is 0 Å². The number of carbonyl (C=O) groups is 1. The Labute approximate surface area is 104 Å². The number of urea groups is 1. The zero-order valence-corrected chi connectivity index (χ0v) is 11.0. The van der Waals surface area contributed by atoms with Crippen molar-refractivity contribution in [3.05, 3.63) is 46.1 Å². The van der Waals surface area contributed by atoms with E-state index in [1.54, 1.807) is 6.20 Å². The average Bonchev–Trinajstić information content (AvgIpc) is 2.25. The van der Waals surface area contributed by atoms with Gasteiger partial charge in [-0.1, -0.05) is 33.6 Å². The molecule has 0 radical (unpaired) electrons. The fourth-order valence-corrected chi connectivity index (χ4v) is 1.31. The summed E-state index contributed by atoms with van der Waals surface area (Å²) >= 11 is 3.36. The van der Waals surface area contributed by atoms with E-state index < -0.39 is 0 Å². The standard InChI is InChI=1S/C12H15BrN2O/c1-9(2)7-14-12(16)15-8-10-3-5-11(13)6-4-10/h3-7H,8H2,1-2H3,(H2,14,15,16). The van der Waals surface area contributed by atoms with Gasteiger partial charge >= 0.3 is 6.03 Å². The van der Waals surface area contributed by atoms with Gasteiger partial charge in [-0.05, 0) is 31.5 Å². The highest BCUT2D eigenvalue weighted by Crippen LogP contribution is 2.09. The lowest BCUT2D eigenvalue weighted by Crippen LogP contribution is -2.31. The van der Waals surface area contributed by atoms with E-state index in [0.717, 1.165) is 15.6 Å². The number of halogens is 1. The van der Waals surface area contributed by atoms with Gasteiger partial charge in [0.05, 0.1) is 0 Å². The van der Waals surface area contributed by atoms with Gasteiger partial charge in [-0.3, -0.25) is 0 Å². The Morgan fingerprint density at radius 1 is 1.31 bits per heavy atom. The lowest BCUT2D eigenvalue weighted by molar-refractivity contribution is 0.243. The molecule has 2 N–H and O–H groups in total. The highest BCUT2D eigenvalue weighted by molar-refractivity contribution is 9.10. The fourth-order valence-electron chi connectivity index (χ4n) is 1.05. The van der Waals surface area contributed by atoms with Gasteiger partial charge in [0.1, 0.15) is 0 Å². The molecule has 1 aromatic rings. The zero-order chi connectivity index (χ0) is 12.0. The molecule has 1 rings (SSSR count). The molecule has 0 heterocycles. The summed E-state index contributed by atoms with van der Waals surface area (Å²) in [6, 6.07) is 7.64. The molecule has 4 heteroatoms. The van der Waals surface area contributed by atoms with E-state index in [2.05, 4.69) is 26.6 Å². The van der Waals surface area contributed by atoms with Gasteiger partial charge < -0.3 is 10.6 Å². The second-order valence-corrected chi connectivity index (χ2v) is 4.59. The summed E-state index contributed by atoms with van der Waals surface area (Å²) in [7, 11) is 0. The van der Waals surface area contributed by atoms with E-state index in [1.165, 1.54) is 0 Å². The molecule has 0 atom stereocenters. The number of hydrogen-bond acceptors (Lipinski definition) is 1. The summed E-state index contributed by atoms with van der Waals surface area (Å²) in [6.07, 6.45) is 1.68. The second kappa shape index (κ2) is 6.33. The Balaban J connectivity index is 2.37. The highest BCUT2D eigenvalue weighted by atomic mass is 79.9. The maximum Gasteiger partial charge on any atom is 0.319 e. The number of nitrogens with one attached hydrogen (secondary N) is 2. The Morgan fingerprint density at radius 2 is 1.94 bits per heavy atom. The van der Waals surface area contributed by atoms with E-state index in [4.69, 9.17) is 0 Å². The van der Waals surface area contributed by atoms with Crippen LogP contribution in [0.15, 0.2) is 40.5 Å². The van der Waals surface area contributed by atoms with E-state index in [-0.39, 0.29) is 6.03 Å². The molecule has 86 valence electrons. The highest BCUT2D eigenvalue weighted by Gasteiger charge is 1.97. The maximum absolute atomic E-state index is 11.3. The molecule has 0 aliphatic rings. The van der Waals surface area contributed by atoms with Crippen LogP contribution >= 0.6 is 15.9 Å². The first-order valence-corrected chi connectivity index (χ1v) is 5.79. The van der Waals surface area contributed by atoms with Gasteiger partial charge in [-0.15, -0.1) is 0 Å². The molecule has 2 amide bonds. The van der Waals surface area contributed by atoms with Crippen molar-refractivity contribution in [3.8, 4) is 0 Å². The van der Waals surface area contributed by atoms with Crippen LogP contribution in [-0.2, 0) is 6.54 Å². The van der Waals surface area contributed by atoms with Gasteiger partial charge in [-0.25, -0.2) is 4.79 Å². The van der Waals surface area contributed by atoms with Crippen molar-refractivity contribution in [3.63, 3.8) is 0 Å². The largest absolute Gasteiger partial charge is 0.334 e.